The van der Waals surface area contributed by atoms with Gasteiger partial charge in [-0.15, -0.1) is 0 Å². The van der Waals surface area contributed by atoms with Gasteiger partial charge in [-0.3, -0.25) is 9.98 Å². The third kappa shape index (κ3) is 2.84. The van der Waals surface area contributed by atoms with Gasteiger partial charge in [-0.1, -0.05) is 48.5 Å². The number of fused-ring (bicyclic) bond motifs is 6. The maximum atomic E-state index is 8.57. The molecule has 0 atom stereocenters. The Labute approximate surface area is 191 Å². The molecule has 2 heterocycles. The number of benzene rings is 4. The highest BCUT2D eigenvalue weighted by atomic mass is 15.0. The van der Waals surface area contributed by atoms with Crippen LogP contribution in [0.5, 0.6) is 0 Å². The Bertz CT molecular complexity index is 1760. The molecule has 0 radical (unpaired) electrons. The zero-order valence-corrected chi connectivity index (χ0v) is 18.2. The maximum absolute atomic E-state index is 8.57. The Morgan fingerprint density at radius 1 is 0.667 bits per heavy atom. The van der Waals surface area contributed by atoms with E-state index in [9.17, 15) is 0 Å². The fraction of sp³-hybridized carbons (Fsp3) is 0.0345. The normalized spacial score (nSPS) is 11.9. The summed E-state index contributed by atoms with van der Waals surface area (Å²) >= 11 is 0. The van der Waals surface area contributed by atoms with E-state index in [2.05, 4.69) is 78.3 Å². The summed E-state index contributed by atoms with van der Waals surface area (Å²) in [5.74, 6) is 0.342. The zero-order chi connectivity index (χ0) is 22.5. The second kappa shape index (κ2) is 7.31. The summed E-state index contributed by atoms with van der Waals surface area (Å²) in [7, 11) is 2.12. The minimum atomic E-state index is 0.342. The molecule has 2 aromatic heterocycles. The number of para-hydroxylation sites is 2. The Hall–Kier alpha value is -4.44. The molecule has 0 bridgehead atoms. The number of nitrogens with zero attached hydrogens (tertiary/aromatic N) is 2. The van der Waals surface area contributed by atoms with Crippen LogP contribution in [0.2, 0.25) is 0 Å². The lowest BCUT2D eigenvalue weighted by molar-refractivity contribution is 1.01. The summed E-state index contributed by atoms with van der Waals surface area (Å²) in [5.41, 5.74) is 6.78. The average molecular weight is 427 g/mol. The average Bonchev–Trinajstić information content (AvgIpc) is 3.34. The molecule has 0 amide bonds. The summed E-state index contributed by atoms with van der Waals surface area (Å²) in [6, 6.07) is 29.9. The molecule has 6 aromatic rings. The van der Waals surface area contributed by atoms with Crippen molar-refractivity contribution in [2.45, 2.75) is 0 Å². The van der Waals surface area contributed by atoms with Crippen LogP contribution < -0.4 is 0 Å². The van der Waals surface area contributed by atoms with E-state index in [0.29, 0.717) is 5.84 Å². The van der Waals surface area contributed by atoms with Crippen LogP contribution >= 0.6 is 0 Å². The van der Waals surface area contributed by atoms with Crippen LogP contribution in [0.1, 0.15) is 0 Å². The fourth-order valence-electron chi connectivity index (χ4n) is 4.97. The van der Waals surface area contributed by atoms with Gasteiger partial charge in [0.1, 0.15) is 5.84 Å². The van der Waals surface area contributed by atoms with Crippen molar-refractivity contribution in [1.82, 2.24) is 9.13 Å². The standard InChI is InChI=1S/C29H22N4/c1-32-25-9-4-2-7-21(25)23-17-19(12-14-26(23)32)20-13-15-28-24(18-20)22-8-3-5-10-27(22)33(28)29(31)11-6-16-30/h2-18,30-31H,1H3/b11-6-,30-16?,31-29?. The van der Waals surface area contributed by atoms with Gasteiger partial charge in [0, 0.05) is 45.8 Å². The summed E-state index contributed by atoms with van der Waals surface area (Å²) in [4.78, 5) is 0. The Kier molecular flexibility index (Phi) is 4.27. The molecule has 0 unspecified atom stereocenters. The van der Waals surface area contributed by atoms with Crippen LogP contribution in [0.4, 0.5) is 0 Å². The van der Waals surface area contributed by atoms with Gasteiger partial charge in [0.05, 0.1) is 11.0 Å². The quantitative estimate of drug-likeness (QED) is 0.223. The Morgan fingerprint density at radius 2 is 1.18 bits per heavy atom. The highest BCUT2D eigenvalue weighted by Gasteiger charge is 2.14. The smallest absolute Gasteiger partial charge is 0.129 e. The molecule has 0 spiro atoms. The first-order valence-electron chi connectivity index (χ1n) is 10.9. The molecule has 4 aromatic carbocycles. The Morgan fingerprint density at radius 3 is 1.88 bits per heavy atom. The van der Waals surface area contributed by atoms with E-state index < -0.39 is 0 Å². The van der Waals surface area contributed by atoms with E-state index in [1.165, 1.54) is 33.6 Å². The molecule has 0 fully saturated rings. The molecule has 4 nitrogen and oxygen atoms in total. The van der Waals surface area contributed by atoms with E-state index in [1.54, 1.807) is 12.2 Å². The molecule has 0 aliphatic heterocycles. The molecule has 0 aliphatic rings. The van der Waals surface area contributed by atoms with Crippen molar-refractivity contribution < 1.29 is 0 Å². The highest BCUT2D eigenvalue weighted by molar-refractivity contribution is 6.17. The second-order valence-electron chi connectivity index (χ2n) is 8.30. The van der Waals surface area contributed by atoms with Crippen molar-refractivity contribution in [1.29, 1.82) is 10.8 Å². The van der Waals surface area contributed by atoms with Crippen molar-refractivity contribution in [3.05, 3.63) is 97.1 Å². The molecule has 0 aliphatic carbocycles. The van der Waals surface area contributed by atoms with Crippen LogP contribution in [0.15, 0.2) is 97.1 Å². The predicted molar refractivity (Wildman–Crippen MR) is 140 cm³/mol. The van der Waals surface area contributed by atoms with Gasteiger partial charge in [0.15, 0.2) is 0 Å². The van der Waals surface area contributed by atoms with Crippen LogP contribution in [-0.2, 0) is 7.05 Å². The molecule has 2 N–H and O–H groups in total. The van der Waals surface area contributed by atoms with Gasteiger partial charge in [-0.25, -0.2) is 0 Å². The van der Waals surface area contributed by atoms with Crippen molar-refractivity contribution in [3.63, 3.8) is 0 Å². The summed E-state index contributed by atoms with van der Waals surface area (Å²) in [6.07, 6.45) is 4.43. The summed E-state index contributed by atoms with van der Waals surface area (Å²) < 4.78 is 4.20. The fourth-order valence-corrected chi connectivity index (χ4v) is 4.97. The van der Waals surface area contributed by atoms with Gasteiger partial charge in [-0.2, -0.15) is 0 Å². The number of hydrogen-bond acceptors (Lipinski definition) is 2. The van der Waals surface area contributed by atoms with Gasteiger partial charge in [0.2, 0.25) is 0 Å². The zero-order valence-electron chi connectivity index (χ0n) is 18.2. The summed E-state index contributed by atoms with van der Waals surface area (Å²) in [6.45, 7) is 0. The largest absolute Gasteiger partial charge is 0.344 e. The first kappa shape index (κ1) is 19.3. The van der Waals surface area contributed by atoms with Gasteiger partial charge in [-0.05, 0) is 59.7 Å². The monoisotopic (exact) mass is 426 g/mol. The predicted octanol–water partition coefficient (Wildman–Crippen LogP) is 7.14. The van der Waals surface area contributed by atoms with Gasteiger partial charge >= 0.3 is 0 Å². The van der Waals surface area contributed by atoms with E-state index >= 15 is 0 Å². The van der Waals surface area contributed by atoms with Crippen LogP contribution in [0.25, 0.3) is 54.7 Å². The Balaban J connectivity index is 1.59. The van der Waals surface area contributed by atoms with Crippen LogP contribution in [0.3, 0.4) is 0 Å². The highest BCUT2D eigenvalue weighted by Crippen LogP contribution is 2.35. The third-order valence-electron chi connectivity index (χ3n) is 6.51. The molecule has 0 saturated heterocycles. The number of rotatable bonds is 3. The van der Waals surface area contributed by atoms with Gasteiger partial charge < -0.3 is 9.98 Å². The maximum Gasteiger partial charge on any atom is 0.129 e. The second-order valence-corrected chi connectivity index (χ2v) is 8.30. The van der Waals surface area contributed by atoms with Crippen LogP contribution in [-0.4, -0.2) is 21.2 Å². The van der Waals surface area contributed by atoms with Crippen molar-refractivity contribution in [2.75, 3.05) is 0 Å². The first-order chi connectivity index (χ1) is 16.2. The van der Waals surface area contributed by atoms with E-state index in [4.69, 9.17) is 10.8 Å². The number of aryl methyl sites for hydroxylation is 1. The number of allylic oxidation sites excluding steroid dienone is 2. The number of hydrogen-bond donors (Lipinski definition) is 2. The lowest BCUT2D eigenvalue weighted by Crippen LogP contribution is -2.06. The summed E-state index contributed by atoms with van der Waals surface area (Å²) in [5, 5.41) is 20.6. The van der Waals surface area contributed by atoms with Crippen molar-refractivity contribution >= 4 is 55.7 Å². The lowest BCUT2D eigenvalue weighted by atomic mass is 10.0. The SMILES string of the molecule is Cn1c2ccccc2c2cc(-c3ccc4c(c3)c3ccccc3n4C(=N)/C=C\C=N)ccc21. The lowest BCUT2D eigenvalue weighted by Gasteiger charge is -2.07. The van der Waals surface area contributed by atoms with E-state index in [-0.39, 0.29) is 0 Å². The van der Waals surface area contributed by atoms with Crippen molar-refractivity contribution in [3.8, 4) is 11.1 Å². The van der Waals surface area contributed by atoms with E-state index in [1.807, 2.05) is 22.8 Å². The molecule has 158 valence electrons. The molecule has 33 heavy (non-hydrogen) atoms. The molecule has 0 saturated carbocycles. The molecule has 4 heteroatoms. The minimum Gasteiger partial charge on any atom is -0.344 e. The topological polar surface area (TPSA) is 57.6 Å². The minimum absolute atomic E-state index is 0.342. The molecular formula is C29H22N4. The molecular weight excluding hydrogens is 404 g/mol. The van der Waals surface area contributed by atoms with Crippen molar-refractivity contribution in [2.24, 2.45) is 7.05 Å². The number of nitrogens with one attached hydrogen (secondary N) is 2. The number of aromatic nitrogens is 2. The van der Waals surface area contributed by atoms with E-state index in [0.717, 1.165) is 27.4 Å². The molecule has 6 rings (SSSR count). The first-order valence-corrected chi connectivity index (χ1v) is 10.9. The van der Waals surface area contributed by atoms with Gasteiger partial charge in [0.25, 0.3) is 0 Å². The third-order valence-corrected chi connectivity index (χ3v) is 6.51. The van der Waals surface area contributed by atoms with Crippen LogP contribution in [0, 0.1) is 10.8 Å².